The van der Waals surface area contributed by atoms with E-state index in [1.54, 1.807) is 0 Å². The van der Waals surface area contributed by atoms with Crippen LogP contribution in [-0.2, 0) is 5.75 Å². The Morgan fingerprint density at radius 1 is 1.39 bits per heavy atom. The molecule has 18 heavy (non-hydrogen) atoms. The van der Waals surface area contributed by atoms with Gasteiger partial charge in [0.15, 0.2) is 0 Å². The van der Waals surface area contributed by atoms with E-state index >= 15 is 0 Å². The summed E-state index contributed by atoms with van der Waals surface area (Å²) in [5.74, 6) is 2.67. The van der Waals surface area contributed by atoms with Gasteiger partial charge < -0.3 is 5.73 Å². The van der Waals surface area contributed by atoms with Gasteiger partial charge in [0, 0.05) is 35.1 Å². The molecule has 2 aromatic rings. The summed E-state index contributed by atoms with van der Waals surface area (Å²) in [4.78, 5) is 8.98. The molecule has 4 nitrogen and oxygen atoms in total. The van der Waals surface area contributed by atoms with Gasteiger partial charge in [-0.25, -0.2) is 9.97 Å². The van der Waals surface area contributed by atoms with Gasteiger partial charge in [-0.2, -0.15) is 11.8 Å². The van der Waals surface area contributed by atoms with Crippen LogP contribution in [0.2, 0.25) is 0 Å². The molecular weight excluding hydrogens is 244 g/mol. The van der Waals surface area contributed by atoms with Crippen LogP contribution in [-0.4, -0.2) is 26.2 Å². The number of aryl methyl sites for hydroxylation is 2. The second-order valence-corrected chi connectivity index (χ2v) is 5.65. The Bertz CT molecular complexity index is 535. The predicted octanol–water partition coefficient (Wildman–Crippen LogP) is 2.32. The summed E-state index contributed by atoms with van der Waals surface area (Å²) in [7, 11) is 0. The average Bonchev–Trinajstić information content (AvgIpc) is 2.72. The molecule has 98 valence electrons. The predicted molar refractivity (Wildman–Crippen MR) is 76.9 cm³/mol. The number of aromatic nitrogens is 3. The minimum Gasteiger partial charge on any atom is -0.327 e. The molecular formula is C13H20N4S. The Balaban J connectivity index is 2.08. The lowest BCUT2D eigenvalue weighted by Crippen LogP contribution is -2.21. The number of rotatable bonds is 5. The standard InChI is InChI=1S/C13H20N4S/c1-4-11(14)7-18-8-12-6-17-10(3)5-9(2)15-13(17)16-12/h5-6,11H,4,7-8,14H2,1-3H3. The lowest BCUT2D eigenvalue weighted by atomic mass is 10.3. The number of hydrogen-bond acceptors (Lipinski definition) is 4. The molecule has 0 saturated heterocycles. The number of nitrogens with two attached hydrogens (primary N) is 1. The normalized spacial score (nSPS) is 13.1. The molecule has 2 rings (SSSR count). The fourth-order valence-corrected chi connectivity index (χ4v) is 2.83. The van der Waals surface area contributed by atoms with Crippen molar-refractivity contribution in [2.75, 3.05) is 5.75 Å². The average molecular weight is 264 g/mol. The maximum Gasteiger partial charge on any atom is 0.234 e. The molecule has 1 unspecified atom stereocenters. The van der Waals surface area contributed by atoms with Gasteiger partial charge in [-0.3, -0.25) is 4.40 Å². The second kappa shape index (κ2) is 5.71. The maximum atomic E-state index is 5.90. The Hall–Kier alpha value is -1.07. The van der Waals surface area contributed by atoms with Crippen LogP contribution in [0, 0.1) is 13.8 Å². The largest absolute Gasteiger partial charge is 0.327 e. The Morgan fingerprint density at radius 3 is 2.89 bits per heavy atom. The Labute approximate surface area is 112 Å². The minimum atomic E-state index is 0.286. The number of nitrogens with zero attached hydrogens (tertiary/aromatic N) is 3. The van der Waals surface area contributed by atoms with Crippen molar-refractivity contribution < 1.29 is 0 Å². The molecule has 2 N–H and O–H groups in total. The molecule has 0 saturated carbocycles. The fourth-order valence-electron chi connectivity index (χ4n) is 1.82. The second-order valence-electron chi connectivity index (χ2n) is 4.62. The topological polar surface area (TPSA) is 56.2 Å². The van der Waals surface area contributed by atoms with Crippen molar-refractivity contribution in [3.05, 3.63) is 29.3 Å². The van der Waals surface area contributed by atoms with Gasteiger partial charge in [-0.15, -0.1) is 0 Å². The summed E-state index contributed by atoms with van der Waals surface area (Å²) in [6.07, 6.45) is 3.10. The van der Waals surface area contributed by atoms with E-state index in [0.717, 1.165) is 35.1 Å². The minimum absolute atomic E-state index is 0.286. The van der Waals surface area contributed by atoms with E-state index in [1.807, 2.05) is 23.1 Å². The summed E-state index contributed by atoms with van der Waals surface area (Å²) < 4.78 is 2.04. The molecule has 0 aliphatic heterocycles. The summed E-state index contributed by atoms with van der Waals surface area (Å²) in [5.41, 5.74) is 9.16. The number of fused-ring (bicyclic) bond motifs is 1. The molecule has 2 heterocycles. The zero-order chi connectivity index (χ0) is 13.1. The molecule has 0 amide bonds. The van der Waals surface area contributed by atoms with Crippen molar-refractivity contribution in [1.29, 1.82) is 0 Å². The first-order valence-electron chi connectivity index (χ1n) is 6.25. The van der Waals surface area contributed by atoms with Gasteiger partial charge in [0.1, 0.15) is 0 Å². The van der Waals surface area contributed by atoms with E-state index in [2.05, 4.69) is 36.1 Å². The Kier molecular flexibility index (Phi) is 4.24. The van der Waals surface area contributed by atoms with Crippen molar-refractivity contribution in [3.63, 3.8) is 0 Å². The molecule has 1 atom stereocenters. The van der Waals surface area contributed by atoms with Crippen LogP contribution < -0.4 is 5.73 Å². The van der Waals surface area contributed by atoms with E-state index in [1.165, 1.54) is 5.69 Å². The van der Waals surface area contributed by atoms with Crippen LogP contribution in [0.3, 0.4) is 0 Å². The summed E-state index contributed by atoms with van der Waals surface area (Å²) in [6.45, 7) is 6.19. The van der Waals surface area contributed by atoms with Crippen LogP contribution in [0.4, 0.5) is 0 Å². The van der Waals surface area contributed by atoms with Crippen molar-refractivity contribution in [2.24, 2.45) is 5.73 Å². The van der Waals surface area contributed by atoms with E-state index in [0.29, 0.717) is 0 Å². The van der Waals surface area contributed by atoms with E-state index in [9.17, 15) is 0 Å². The van der Waals surface area contributed by atoms with E-state index < -0.39 is 0 Å². The third kappa shape index (κ3) is 3.03. The van der Waals surface area contributed by atoms with Gasteiger partial charge in [0.2, 0.25) is 5.78 Å². The van der Waals surface area contributed by atoms with Crippen molar-refractivity contribution in [2.45, 2.75) is 39.0 Å². The first kappa shape index (κ1) is 13.4. The fraction of sp³-hybridized carbons (Fsp3) is 0.538. The molecule has 0 bridgehead atoms. The summed E-state index contributed by atoms with van der Waals surface area (Å²) >= 11 is 1.84. The molecule has 0 spiro atoms. The van der Waals surface area contributed by atoms with Gasteiger partial charge >= 0.3 is 0 Å². The van der Waals surface area contributed by atoms with Crippen LogP contribution in [0.15, 0.2) is 12.3 Å². The smallest absolute Gasteiger partial charge is 0.234 e. The quantitative estimate of drug-likeness (QED) is 0.900. The molecule has 0 aliphatic rings. The molecule has 0 radical (unpaired) electrons. The first-order chi connectivity index (χ1) is 8.60. The van der Waals surface area contributed by atoms with E-state index in [4.69, 9.17) is 5.73 Å². The van der Waals surface area contributed by atoms with Crippen LogP contribution in [0.5, 0.6) is 0 Å². The highest BCUT2D eigenvalue weighted by molar-refractivity contribution is 7.98. The molecule has 2 aromatic heterocycles. The molecule has 0 fully saturated rings. The number of thioether (sulfide) groups is 1. The van der Waals surface area contributed by atoms with Crippen molar-refractivity contribution in [3.8, 4) is 0 Å². The highest BCUT2D eigenvalue weighted by Crippen LogP contribution is 2.15. The highest BCUT2D eigenvalue weighted by Gasteiger charge is 2.06. The SMILES string of the molecule is CCC(N)CSCc1cn2c(C)cc(C)nc2n1. The van der Waals surface area contributed by atoms with Gasteiger partial charge in [0.25, 0.3) is 0 Å². The third-order valence-corrected chi connectivity index (χ3v) is 4.08. The van der Waals surface area contributed by atoms with Crippen LogP contribution >= 0.6 is 11.8 Å². The third-order valence-electron chi connectivity index (χ3n) is 2.92. The molecule has 0 aromatic carbocycles. The summed E-state index contributed by atoms with van der Waals surface area (Å²) in [6, 6.07) is 2.35. The lowest BCUT2D eigenvalue weighted by molar-refractivity contribution is 0.724. The maximum absolute atomic E-state index is 5.90. The Morgan fingerprint density at radius 2 is 2.17 bits per heavy atom. The van der Waals surface area contributed by atoms with E-state index in [-0.39, 0.29) is 6.04 Å². The van der Waals surface area contributed by atoms with Crippen molar-refractivity contribution in [1.82, 2.24) is 14.4 Å². The lowest BCUT2D eigenvalue weighted by Gasteiger charge is -2.06. The zero-order valence-corrected chi connectivity index (χ0v) is 12.0. The van der Waals surface area contributed by atoms with Gasteiger partial charge in [-0.05, 0) is 26.3 Å². The number of imidazole rings is 1. The molecule has 5 heteroatoms. The zero-order valence-electron chi connectivity index (χ0n) is 11.2. The van der Waals surface area contributed by atoms with Gasteiger partial charge in [-0.1, -0.05) is 6.92 Å². The summed E-state index contributed by atoms with van der Waals surface area (Å²) in [5, 5.41) is 0. The monoisotopic (exact) mass is 264 g/mol. The molecule has 0 aliphatic carbocycles. The van der Waals surface area contributed by atoms with Crippen molar-refractivity contribution >= 4 is 17.5 Å². The van der Waals surface area contributed by atoms with Crippen LogP contribution in [0.1, 0.15) is 30.4 Å². The number of hydrogen-bond donors (Lipinski definition) is 1. The van der Waals surface area contributed by atoms with Gasteiger partial charge in [0.05, 0.1) is 5.69 Å². The first-order valence-corrected chi connectivity index (χ1v) is 7.41. The highest BCUT2D eigenvalue weighted by atomic mass is 32.2. The van der Waals surface area contributed by atoms with Crippen LogP contribution in [0.25, 0.3) is 5.78 Å².